The van der Waals surface area contributed by atoms with Crippen molar-refractivity contribution in [3.05, 3.63) is 0 Å². The number of carbonyl (C=O) groups is 1. The maximum absolute atomic E-state index is 11.9. The average Bonchev–Trinajstić information content (AvgIpc) is 2.34. The Balaban J connectivity index is 2.26. The molecule has 4 unspecified atom stereocenters. The van der Waals surface area contributed by atoms with Crippen LogP contribution in [0.4, 0.5) is 0 Å². The summed E-state index contributed by atoms with van der Waals surface area (Å²) in [5, 5.41) is 3.09. The second-order valence-electron chi connectivity index (χ2n) is 5.71. The number of hydrogen-bond acceptors (Lipinski definition) is 3. The van der Waals surface area contributed by atoms with E-state index in [1.807, 2.05) is 0 Å². The van der Waals surface area contributed by atoms with Crippen molar-refractivity contribution in [3.8, 4) is 0 Å². The summed E-state index contributed by atoms with van der Waals surface area (Å²) < 4.78 is 4.96. The van der Waals surface area contributed by atoms with Gasteiger partial charge in [-0.2, -0.15) is 0 Å². The molecule has 0 radical (unpaired) electrons. The molecule has 4 atom stereocenters. The van der Waals surface area contributed by atoms with Gasteiger partial charge in [0.15, 0.2) is 0 Å². The second kappa shape index (κ2) is 7.74. The van der Waals surface area contributed by atoms with E-state index in [1.54, 1.807) is 7.11 Å². The number of hydrogen-bond donors (Lipinski definition) is 2. The highest BCUT2D eigenvalue weighted by atomic mass is 16.5. The highest BCUT2D eigenvalue weighted by molar-refractivity contribution is 5.81. The van der Waals surface area contributed by atoms with Gasteiger partial charge in [0.1, 0.15) is 0 Å². The van der Waals surface area contributed by atoms with Gasteiger partial charge in [0.2, 0.25) is 5.91 Å². The van der Waals surface area contributed by atoms with Gasteiger partial charge >= 0.3 is 0 Å². The predicted molar refractivity (Wildman–Crippen MR) is 73.2 cm³/mol. The molecule has 4 nitrogen and oxygen atoms in total. The van der Waals surface area contributed by atoms with Crippen LogP contribution in [0.2, 0.25) is 0 Å². The quantitative estimate of drug-likeness (QED) is 0.711. The lowest BCUT2D eigenvalue weighted by atomic mass is 9.79. The molecule has 0 heterocycles. The zero-order valence-electron chi connectivity index (χ0n) is 11.9. The maximum atomic E-state index is 11.9. The Labute approximate surface area is 111 Å². The third-order valence-electron chi connectivity index (χ3n) is 4.14. The van der Waals surface area contributed by atoms with Crippen LogP contribution in [-0.4, -0.2) is 31.7 Å². The fourth-order valence-corrected chi connectivity index (χ4v) is 2.57. The topological polar surface area (TPSA) is 64.3 Å². The van der Waals surface area contributed by atoms with Crippen LogP contribution in [0.25, 0.3) is 0 Å². The molecule has 0 aromatic carbocycles. The molecule has 0 aliphatic heterocycles. The third-order valence-corrected chi connectivity index (χ3v) is 4.14. The number of amides is 1. The van der Waals surface area contributed by atoms with Crippen molar-refractivity contribution in [1.82, 2.24) is 5.32 Å². The summed E-state index contributed by atoms with van der Waals surface area (Å²) in [7, 11) is 1.66. The lowest BCUT2D eigenvalue weighted by Gasteiger charge is -2.33. The molecule has 1 rings (SSSR count). The lowest BCUT2D eigenvalue weighted by molar-refractivity contribution is -0.123. The van der Waals surface area contributed by atoms with Crippen LogP contribution < -0.4 is 11.1 Å². The first-order valence-electron chi connectivity index (χ1n) is 7.09. The van der Waals surface area contributed by atoms with Crippen LogP contribution in [0.5, 0.6) is 0 Å². The number of nitrogens with two attached hydrogens (primary N) is 1. The number of ether oxygens (including phenoxy) is 1. The van der Waals surface area contributed by atoms with Gasteiger partial charge in [-0.3, -0.25) is 4.79 Å². The SMILES string of the molecule is COCCCC(N)C(=O)NC1CCC(C)C(C)C1. The fourth-order valence-electron chi connectivity index (χ4n) is 2.57. The highest BCUT2D eigenvalue weighted by Gasteiger charge is 2.26. The van der Waals surface area contributed by atoms with E-state index in [0.29, 0.717) is 25.0 Å². The van der Waals surface area contributed by atoms with Crippen LogP contribution in [0, 0.1) is 11.8 Å². The second-order valence-corrected chi connectivity index (χ2v) is 5.71. The van der Waals surface area contributed by atoms with Gasteiger partial charge in [0.05, 0.1) is 6.04 Å². The van der Waals surface area contributed by atoms with Gasteiger partial charge in [-0.1, -0.05) is 13.8 Å². The molecule has 1 saturated carbocycles. The first-order chi connectivity index (χ1) is 8.54. The largest absolute Gasteiger partial charge is 0.385 e. The third kappa shape index (κ3) is 4.94. The summed E-state index contributed by atoms with van der Waals surface area (Å²) in [6.07, 6.45) is 4.90. The molecule has 106 valence electrons. The van der Waals surface area contributed by atoms with Crippen molar-refractivity contribution in [2.24, 2.45) is 17.6 Å². The molecule has 0 saturated heterocycles. The Bertz CT molecular complexity index is 258. The normalized spacial score (nSPS) is 29.9. The summed E-state index contributed by atoms with van der Waals surface area (Å²) in [4.78, 5) is 11.9. The highest BCUT2D eigenvalue weighted by Crippen LogP contribution is 2.29. The van der Waals surface area contributed by atoms with E-state index in [2.05, 4.69) is 19.2 Å². The Morgan fingerprint density at radius 1 is 1.39 bits per heavy atom. The first-order valence-corrected chi connectivity index (χ1v) is 7.09. The lowest BCUT2D eigenvalue weighted by Crippen LogP contribution is -2.47. The molecular weight excluding hydrogens is 228 g/mol. The van der Waals surface area contributed by atoms with Crippen molar-refractivity contribution in [2.45, 2.75) is 58.0 Å². The number of rotatable bonds is 6. The zero-order chi connectivity index (χ0) is 13.5. The zero-order valence-corrected chi connectivity index (χ0v) is 11.9. The molecular formula is C14H28N2O2. The molecule has 0 aromatic rings. The van der Waals surface area contributed by atoms with Crippen LogP contribution in [-0.2, 0) is 9.53 Å². The number of carbonyl (C=O) groups excluding carboxylic acids is 1. The Morgan fingerprint density at radius 3 is 2.72 bits per heavy atom. The first kappa shape index (κ1) is 15.4. The van der Waals surface area contributed by atoms with Gasteiger partial charge in [0, 0.05) is 19.8 Å². The monoisotopic (exact) mass is 256 g/mol. The van der Waals surface area contributed by atoms with Crippen molar-refractivity contribution in [2.75, 3.05) is 13.7 Å². The van der Waals surface area contributed by atoms with E-state index in [-0.39, 0.29) is 5.91 Å². The predicted octanol–water partition coefficient (Wildman–Crippen LogP) is 1.68. The van der Waals surface area contributed by atoms with Gasteiger partial charge in [0.25, 0.3) is 0 Å². The summed E-state index contributed by atoms with van der Waals surface area (Å²) >= 11 is 0. The molecule has 0 bridgehead atoms. The standard InChI is InChI=1S/C14H28N2O2/c1-10-6-7-12(9-11(10)2)16-14(17)13(15)5-4-8-18-3/h10-13H,4-9,15H2,1-3H3,(H,16,17). The molecule has 1 aliphatic carbocycles. The smallest absolute Gasteiger partial charge is 0.237 e. The van der Waals surface area contributed by atoms with Gasteiger partial charge in [-0.05, 0) is 43.9 Å². The van der Waals surface area contributed by atoms with E-state index in [1.165, 1.54) is 6.42 Å². The molecule has 4 heteroatoms. The van der Waals surface area contributed by atoms with Crippen LogP contribution in [0.15, 0.2) is 0 Å². The van der Waals surface area contributed by atoms with Crippen LogP contribution >= 0.6 is 0 Å². The fraction of sp³-hybridized carbons (Fsp3) is 0.929. The van der Waals surface area contributed by atoms with Crippen molar-refractivity contribution >= 4 is 5.91 Å². The van der Waals surface area contributed by atoms with E-state index in [0.717, 1.165) is 25.2 Å². The minimum atomic E-state index is -0.394. The Kier molecular flexibility index (Phi) is 6.65. The Morgan fingerprint density at radius 2 is 2.11 bits per heavy atom. The minimum Gasteiger partial charge on any atom is -0.385 e. The van der Waals surface area contributed by atoms with Gasteiger partial charge < -0.3 is 15.8 Å². The molecule has 1 aliphatic rings. The molecule has 1 fully saturated rings. The molecule has 0 spiro atoms. The van der Waals surface area contributed by atoms with Gasteiger partial charge in [-0.25, -0.2) is 0 Å². The molecule has 1 amide bonds. The molecule has 3 N–H and O–H groups in total. The molecule has 18 heavy (non-hydrogen) atoms. The maximum Gasteiger partial charge on any atom is 0.237 e. The summed E-state index contributed by atoms with van der Waals surface area (Å²) in [6.45, 7) is 5.22. The van der Waals surface area contributed by atoms with Crippen LogP contribution in [0.1, 0.15) is 46.0 Å². The number of methoxy groups -OCH3 is 1. The summed E-state index contributed by atoms with van der Waals surface area (Å²) in [5.74, 6) is 1.46. The summed E-state index contributed by atoms with van der Waals surface area (Å²) in [5.41, 5.74) is 5.87. The van der Waals surface area contributed by atoms with E-state index in [9.17, 15) is 4.79 Å². The van der Waals surface area contributed by atoms with Crippen molar-refractivity contribution in [1.29, 1.82) is 0 Å². The summed E-state index contributed by atoms with van der Waals surface area (Å²) in [6, 6.07) is -0.0769. The number of nitrogens with one attached hydrogen (secondary N) is 1. The van der Waals surface area contributed by atoms with Crippen molar-refractivity contribution in [3.63, 3.8) is 0 Å². The Hall–Kier alpha value is -0.610. The average molecular weight is 256 g/mol. The van der Waals surface area contributed by atoms with Crippen LogP contribution in [0.3, 0.4) is 0 Å². The van der Waals surface area contributed by atoms with E-state index >= 15 is 0 Å². The van der Waals surface area contributed by atoms with E-state index in [4.69, 9.17) is 10.5 Å². The minimum absolute atomic E-state index is 0.00199. The van der Waals surface area contributed by atoms with E-state index < -0.39 is 6.04 Å². The molecule has 0 aromatic heterocycles. The van der Waals surface area contributed by atoms with Crippen molar-refractivity contribution < 1.29 is 9.53 Å². The van der Waals surface area contributed by atoms with Gasteiger partial charge in [-0.15, -0.1) is 0 Å².